The molecule has 0 spiro atoms. The maximum atomic E-state index is 14.7. The van der Waals surface area contributed by atoms with Gasteiger partial charge >= 0.3 is 0 Å². The third kappa shape index (κ3) is 29.8. The predicted molar refractivity (Wildman–Crippen MR) is 344 cm³/mol. The first-order valence-electron chi connectivity index (χ1n) is 32.9. The van der Waals surface area contributed by atoms with Gasteiger partial charge in [-0.15, -0.1) is 0 Å². The lowest BCUT2D eigenvalue weighted by Crippen LogP contribution is -2.57. The molecule has 26 heteroatoms. The first-order chi connectivity index (χ1) is 43.3. The van der Waals surface area contributed by atoms with E-state index in [4.69, 9.17) is 28.7 Å². The zero-order chi connectivity index (χ0) is 68.2. The second-order valence-electron chi connectivity index (χ2n) is 24.8. The average molecular weight is 1280 g/mol. The third-order valence-corrected chi connectivity index (χ3v) is 16.6. The largest absolute Gasteiger partial charge is 0.393 e. The molecule has 1 aliphatic rings. The molecule has 19 N–H and O–H groups in total. The van der Waals surface area contributed by atoms with Gasteiger partial charge in [0, 0.05) is 62.8 Å². The number of benzene rings is 1. The van der Waals surface area contributed by atoms with Crippen molar-refractivity contribution in [2.45, 2.75) is 225 Å². The van der Waals surface area contributed by atoms with Crippen LogP contribution in [-0.2, 0) is 64.0 Å². The van der Waals surface area contributed by atoms with Gasteiger partial charge in [0.1, 0.15) is 17.9 Å². The number of carbonyl (C=O) groups excluding carboxylic acids is 12. The normalized spacial score (nSPS) is 22.4. The van der Waals surface area contributed by atoms with Crippen molar-refractivity contribution in [1.29, 1.82) is 0 Å². The second kappa shape index (κ2) is 44.2. The fourth-order valence-electron chi connectivity index (χ4n) is 11.1. The lowest BCUT2D eigenvalue weighted by molar-refractivity contribution is -0.138. The Morgan fingerprint density at radius 2 is 1.09 bits per heavy atom. The van der Waals surface area contributed by atoms with Crippen molar-refractivity contribution in [1.82, 2.24) is 37.2 Å². The Morgan fingerprint density at radius 3 is 1.65 bits per heavy atom. The molecule has 0 bridgehead atoms. The highest BCUT2D eigenvalue weighted by molar-refractivity contribution is 5.99. The molecule has 1 fully saturated rings. The van der Waals surface area contributed by atoms with E-state index in [1.165, 1.54) is 13.8 Å². The van der Waals surface area contributed by atoms with Crippen LogP contribution < -0.4 is 65.9 Å². The van der Waals surface area contributed by atoms with E-state index in [0.29, 0.717) is 18.4 Å². The molecule has 91 heavy (non-hydrogen) atoms. The van der Waals surface area contributed by atoms with Gasteiger partial charge in [-0.2, -0.15) is 0 Å². The smallest absolute Gasteiger partial charge is 0.243 e. The van der Waals surface area contributed by atoms with Crippen LogP contribution in [0.5, 0.6) is 0 Å². The molecule has 1 heterocycles. The Morgan fingerprint density at radius 1 is 0.571 bits per heavy atom. The van der Waals surface area contributed by atoms with Crippen molar-refractivity contribution in [2.24, 2.45) is 64.2 Å². The molecule has 2 rings (SSSR count). The fraction of sp³-hybridized carbons (Fsp3) is 0.723. The predicted octanol–water partition coefficient (Wildman–Crippen LogP) is 0.247. The van der Waals surface area contributed by atoms with Gasteiger partial charge in [-0.05, 0) is 116 Å². The van der Waals surface area contributed by atoms with Gasteiger partial charge in [0.05, 0.1) is 48.2 Å². The molecular formula is C65H110N12O14. The minimum absolute atomic E-state index is 0.00199. The van der Waals surface area contributed by atoms with Crippen LogP contribution in [0, 0.1) is 35.5 Å². The number of hydrogen-bond acceptors (Lipinski definition) is 19. The lowest BCUT2D eigenvalue weighted by atomic mass is 9.88. The maximum Gasteiger partial charge on any atom is 0.243 e. The highest BCUT2D eigenvalue weighted by atomic mass is 16.3. The number of hydrogen-bond donors (Lipinski definition) is 14. The molecule has 1 saturated heterocycles. The van der Waals surface area contributed by atoms with Gasteiger partial charge in [-0.3, -0.25) is 57.5 Å². The van der Waals surface area contributed by atoms with E-state index in [-0.39, 0.29) is 115 Å². The van der Waals surface area contributed by atoms with Gasteiger partial charge in [-0.1, -0.05) is 96.6 Å². The number of rotatable bonds is 36. The number of Topliss-reactive ketones (excluding diaryl/α,β-unsaturated/α-hetero) is 5. The summed E-state index contributed by atoms with van der Waals surface area (Å²) in [7, 11) is 0. The van der Waals surface area contributed by atoms with Crippen molar-refractivity contribution >= 4 is 70.3 Å². The molecule has 0 unspecified atom stereocenters. The topological polar surface area (TPSA) is 460 Å². The van der Waals surface area contributed by atoms with Crippen LogP contribution in [0.25, 0.3) is 0 Å². The molecule has 514 valence electrons. The SMILES string of the molecule is CCCCCCCC[C@H](CC(=O)CC)C(=O)N[C@@H](CCN)C(=O)C[C@H](C(=O)N[C@@H](CCN)C(=O)C[C@H]1CCNC(=O)[C@H]([C@@H](C)O)CC(=O)[C@H](CCN)NC(=O)[C@H](CCN)NC(=O)[C@H](CC(C)C)NC(=O)[C@@H](Cc2ccccc2)CC(=O)[C@H](CCN)NC1=O)[C@@H](C)O. The molecular weight excluding hydrogens is 1170 g/mol. The Kier molecular flexibility index (Phi) is 39.2. The van der Waals surface area contributed by atoms with Gasteiger partial charge in [-0.25, -0.2) is 0 Å². The van der Waals surface area contributed by atoms with Crippen molar-refractivity contribution in [3.63, 3.8) is 0 Å². The second-order valence-corrected chi connectivity index (χ2v) is 24.8. The van der Waals surface area contributed by atoms with Crippen molar-refractivity contribution in [2.75, 3.05) is 39.3 Å². The summed E-state index contributed by atoms with van der Waals surface area (Å²) in [6.45, 7) is 9.11. The van der Waals surface area contributed by atoms with Crippen molar-refractivity contribution in [3.05, 3.63) is 35.9 Å². The number of ketones is 5. The highest BCUT2D eigenvalue weighted by Crippen LogP contribution is 2.23. The van der Waals surface area contributed by atoms with Crippen LogP contribution in [-0.4, -0.2) is 168 Å². The summed E-state index contributed by atoms with van der Waals surface area (Å²) in [5, 5.41) is 40.7. The zero-order valence-corrected chi connectivity index (χ0v) is 54.7. The van der Waals surface area contributed by atoms with Gasteiger partial charge in [0.15, 0.2) is 23.1 Å². The summed E-state index contributed by atoms with van der Waals surface area (Å²) in [5.74, 6) is -14.5. The van der Waals surface area contributed by atoms with Crippen LogP contribution in [0.1, 0.15) is 176 Å². The van der Waals surface area contributed by atoms with E-state index in [1.807, 2.05) is 13.8 Å². The summed E-state index contributed by atoms with van der Waals surface area (Å²) in [6.07, 6.45) is 0.352. The van der Waals surface area contributed by atoms with Gasteiger partial charge < -0.3 is 76.1 Å². The molecule has 7 amide bonds. The molecule has 26 nitrogen and oxygen atoms in total. The number of aliphatic hydroxyl groups excluding tert-OH is 2. The number of aliphatic hydroxyl groups is 2. The quantitative estimate of drug-likeness (QED) is 0.0400. The first-order valence-corrected chi connectivity index (χ1v) is 32.9. The van der Waals surface area contributed by atoms with E-state index >= 15 is 0 Å². The Bertz CT molecular complexity index is 2480. The molecule has 1 aliphatic heterocycles. The molecule has 0 radical (unpaired) electrons. The fourth-order valence-corrected chi connectivity index (χ4v) is 11.1. The highest BCUT2D eigenvalue weighted by Gasteiger charge is 2.38. The van der Waals surface area contributed by atoms with Crippen LogP contribution >= 0.6 is 0 Å². The Hall–Kier alpha value is -6.42. The Labute approximate surface area is 537 Å². The number of nitrogens with one attached hydrogen (secondary N) is 7. The van der Waals surface area contributed by atoms with E-state index in [0.717, 1.165) is 32.1 Å². The summed E-state index contributed by atoms with van der Waals surface area (Å²) in [4.78, 5) is 169. The van der Waals surface area contributed by atoms with E-state index in [1.54, 1.807) is 37.3 Å². The number of unbranched alkanes of at least 4 members (excludes halogenated alkanes) is 5. The number of nitrogens with two attached hydrogens (primary N) is 5. The van der Waals surface area contributed by atoms with Crippen LogP contribution in [0.3, 0.4) is 0 Å². The van der Waals surface area contributed by atoms with E-state index < -0.39 is 168 Å². The average Bonchev–Trinajstić information content (AvgIpc) is 1.87. The van der Waals surface area contributed by atoms with Crippen molar-refractivity contribution in [3.8, 4) is 0 Å². The first kappa shape index (κ1) is 80.7. The third-order valence-electron chi connectivity index (χ3n) is 16.6. The molecule has 0 saturated carbocycles. The lowest BCUT2D eigenvalue weighted by Gasteiger charge is -2.28. The van der Waals surface area contributed by atoms with Crippen molar-refractivity contribution < 1.29 is 67.7 Å². The summed E-state index contributed by atoms with van der Waals surface area (Å²) in [6, 6.07) is 0.948. The number of amides is 7. The van der Waals surface area contributed by atoms with Crippen LogP contribution in [0.15, 0.2) is 30.3 Å². The van der Waals surface area contributed by atoms with Crippen LogP contribution in [0.4, 0.5) is 0 Å². The van der Waals surface area contributed by atoms with Gasteiger partial charge in [0.2, 0.25) is 41.4 Å². The summed E-state index contributed by atoms with van der Waals surface area (Å²) >= 11 is 0. The molecule has 0 aromatic heterocycles. The van der Waals surface area contributed by atoms with E-state index in [9.17, 15) is 67.7 Å². The minimum Gasteiger partial charge on any atom is -0.393 e. The summed E-state index contributed by atoms with van der Waals surface area (Å²) in [5.41, 5.74) is 30.4. The van der Waals surface area contributed by atoms with E-state index in [2.05, 4.69) is 44.1 Å². The zero-order valence-electron chi connectivity index (χ0n) is 54.7. The molecule has 13 atom stereocenters. The van der Waals surface area contributed by atoms with Crippen LogP contribution in [0.2, 0.25) is 0 Å². The molecule has 1 aromatic carbocycles. The molecule has 0 aliphatic carbocycles. The maximum absolute atomic E-state index is 14.7. The monoisotopic (exact) mass is 1280 g/mol. The molecule has 1 aromatic rings. The summed E-state index contributed by atoms with van der Waals surface area (Å²) < 4.78 is 0. The standard InChI is InChI=1S/C65H110N12O14/c1-7-9-10-11-12-16-19-43(34-46(80)8-2)59(85)73-51(22-28-68)58(84)38-48(41(6)79)63(89)74-50(21-27-67)55(81)35-44-25-31-71-62(88)47(40(5)78)37-57(83)52(23-29-69)75-64(90)53(24-30-70)76-65(91)54(32-39(3)4)77-61(87)45(33-42-17-14-13-15-18-42)36-56(82)49(20-26-66)72-60(44)86/h13-15,17-18,39-41,43-45,47-54,78-79H,7-12,16,19-38,66-70H2,1-6H3,(H,71,88)(H,72,86)(H,73,85)(H,74,89)(H,75,90)(H,76,91)(H,77,87)/t40-,41-,43-,44-,45+,47+,48+,49+,50+,51+,52+,53+,54+/m1/s1. The van der Waals surface area contributed by atoms with Gasteiger partial charge in [0.25, 0.3) is 0 Å². The number of carbonyl (C=O) groups is 12. The Balaban J connectivity index is 2.68. The minimum atomic E-state index is -1.48.